The van der Waals surface area contributed by atoms with Gasteiger partial charge in [-0.15, -0.1) is 0 Å². The highest BCUT2D eigenvalue weighted by Crippen LogP contribution is 2.21. The van der Waals surface area contributed by atoms with E-state index in [-0.39, 0.29) is 11.3 Å². The highest BCUT2D eigenvalue weighted by molar-refractivity contribution is 6.06. The molecule has 0 bridgehead atoms. The van der Waals surface area contributed by atoms with Crippen molar-refractivity contribution in [3.8, 4) is 0 Å². The predicted molar refractivity (Wildman–Crippen MR) is 87.7 cm³/mol. The topological polar surface area (TPSA) is 54.0 Å². The molecule has 1 amide bonds. The number of aromatic nitrogens is 1. The number of pyridine rings is 1. The Morgan fingerprint density at radius 2 is 1.95 bits per heavy atom. The van der Waals surface area contributed by atoms with E-state index in [1.54, 1.807) is 13.1 Å². The Kier molecular flexibility index (Phi) is 4.46. The molecule has 0 aliphatic carbocycles. The van der Waals surface area contributed by atoms with Crippen LogP contribution < -0.4 is 10.6 Å². The fraction of sp³-hybridized carbons (Fsp3) is 0.412. The molecule has 2 aromatic rings. The third kappa shape index (κ3) is 3.94. The lowest BCUT2D eigenvalue weighted by molar-refractivity contribution is 0.0951. The van der Waals surface area contributed by atoms with E-state index in [0.29, 0.717) is 17.9 Å². The van der Waals surface area contributed by atoms with E-state index in [1.165, 1.54) is 0 Å². The monoisotopic (exact) mass is 285 g/mol. The van der Waals surface area contributed by atoms with Crippen LogP contribution in [0.15, 0.2) is 30.3 Å². The Hall–Kier alpha value is -2.10. The van der Waals surface area contributed by atoms with Crippen molar-refractivity contribution >= 4 is 22.6 Å². The summed E-state index contributed by atoms with van der Waals surface area (Å²) < 4.78 is 0. The van der Waals surface area contributed by atoms with Crippen LogP contribution in [0.1, 0.15) is 37.6 Å². The molecule has 0 unspecified atom stereocenters. The Bertz CT molecular complexity index is 644. The lowest BCUT2D eigenvalue weighted by atomic mass is 9.92. The number of rotatable bonds is 4. The van der Waals surface area contributed by atoms with Crippen molar-refractivity contribution in [3.05, 3.63) is 35.9 Å². The first-order valence-corrected chi connectivity index (χ1v) is 7.26. The maximum Gasteiger partial charge on any atom is 0.252 e. The molecule has 21 heavy (non-hydrogen) atoms. The molecule has 1 aromatic carbocycles. The number of amides is 1. The third-order valence-corrected chi connectivity index (χ3v) is 3.38. The lowest BCUT2D eigenvalue weighted by Gasteiger charge is -2.18. The summed E-state index contributed by atoms with van der Waals surface area (Å²) in [6.45, 7) is 7.17. The Labute approximate surface area is 126 Å². The lowest BCUT2D eigenvalue weighted by Crippen LogP contribution is -2.27. The van der Waals surface area contributed by atoms with Crippen molar-refractivity contribution in [2.45, 2.75) is 27.2 Å². The molecule has 0 aliphatic rings. The number of carbonyl (C=O) groups is 1. The summed E-state index contributed by atoms with van der Waals surface area (Å²) in [5, 5.41) is 6.89. The van der Waals surface area contributed by atoms with Gasteiger partial charge in [-0.25, -0.2) is 4.98 Å². The largest absolute Gasteiger partial charge is 0.373 e. The highest BCUT2D eigenvalue weighted by atomic mass is 16.1. The van der Waals surface area contributed by atoms with Crippen molar-refractivity contribution in [2.75, 3.05) is 18.9 Å². The maximum atomic E-state index is 12.4. The molecule has 1 aromatic heterocycles. The fourth-order valence-corrected chi connectivity index (χ4v) is 2.14. The molecule has 0 fully saturated rings. The second-order valence-corrected chi connectivity index (χ2v) is 6.39. The average Bonchev–Trinajstić information content (AvgIpc) is 2.44. The predicted octanol–water partition coefficient (Wildman–Crippen LogP) is 3.44. The van der Waals surface area contributed by atoms with Crippen LogP contribution in [-0.4, -0.2) is 24.5 Å². The molecule has 0 atom stereocenters. The summed E-state index contributed by atoms with van der Waals surface area (Å²) in [5.41, 5.74) is 1.70. The SMILES string of the molecule is CNc1cc(C(=O)NCCC(C)(C)C)c2ccccc2n1. The van der Waals surface area contributed by atoms with Crippen LogP contribution in [0.5, 0.6) is 0 Å². The van der Waals surface area contributed by atoms with E-state index < -0.39 is 0 Å². The van der Waals surface area contributed by atoms with Crippen LogP contribution in [0.25, 0.3) is 10.9 Å². The van der Waals surface area contributed by atoms with Crippen LogP contribution in [0.2, 0.25) is 0 Å². The minimum atomic E-state index is -0.0469. The molecule has 4 nitrogen and oxygen atoms in total. The van der Waals surface area contributed by atoms with E-state index in [9.17, 15) is 4.79 Å². The van der Waals surface area contributed by atoms with Gasteiger partial charge in [-0.05, 0) is 24.0 Å². The van der Waals surface area contributed by atoms with Crippen molar-refractivity contribution in [1.82, 2.24) is 10.3 Å². The summed E-state index contributed by atoms with van der Waals surface area (Å²) in [4.78, 5) is 16.9. The van der Waals surface area contributed by atoms with Gasteiger partial charge in [0.1, 0.15) is 5.82 Å². The normalized spacial score (nSPS) is 11.4. The van der Waals surface area contributed by atoms with Crippen molar-refractivity contribution in [1.29, 1.82) is 0 Å². The zero-order valence-electron chi connectivity index (χ0n) is 13.2. The van der Waals surface area contributed by atoms with Crippen molar-refractivity contribution < 1.29 is 4.79 Å². The molecule has 0 radical (unpaired) electrons. The maximum absolute atomic E-state index is 12.4. The van der Waals surface area contributed by atoms with E-state index in [1.807, 2.05) is 24.3 Å². The van der Waals surface area contributed by atoms with Crippen LogP contribution in [0.4, 0.5) is 5.82 Å². The van der Waals surface area contributed by atoms with Gasteiger partial charge >= 0.3 is 0 Å². The zero-order valence-corrected chi connectivity index (χ0v) is 13.2. The molecule has 2 N–H and O–H groups in total. The number of nitrogens with one attached hydrogen (secondary N) is 2. The number of hydrogen-bond donors (Lipinski definition) is 2. The number of anilines is 1. The second-order valence-electron chi connectivity index (χ2n) is 6.39. The summed E-state index contributed by atoms with van der Waals surface area (Å²) in [7, 11) is 1.80. The smallest absolute Gasteiger partial charge is 0.252 e. The van der Waals surface area contributed by atoms with Crippen molar-refractivity contribution in [2.24, 2.45) is 5.41 Å². The Morgan fingerprint density at radius 1 is 1.24 bits per heavy atom. The summed E-state index contributed by atoms with van der Waals surface area (Å²) in [5.74, 6) is 0.657. The molecule has 4 heteroatoms. The molecule has 1 heterocycles. The quantitative estimate of drug-likeness (QED) is 0.904. The third-order valence-electron chi connectivity index (χ3n) is 3.38. The second kappa shape index (κ2) is 6.12. The number of fused-ring (bicyclic) bond motifs is 1. The standard InChI is InChI=1S/C17H23N3O/c1-17(2,3)9-10-19-16(21)13-11-15(18-4)20-14-8-6-5-7-12(13)14/h5-8,11H,9-10H2,1-4H3,(H,18,20)(H,19,21). The minimum absolute atomic E-state index is 0.0469. The van der Waals surface area contributed by atoms with Gasteiger partial charge < -0.3 is 10.6 Å². The summed E-state index contributed by atoms with van der Waals surface area (Å²) in [6.07, 6.45) is 0.945. The summed E-state index contributed by atoms with van der Waals surface area (Å²) >= 11 is 0. The number of benzene rings is 1. The molecule has 2 rings (SSSR count). The molecule has 0 saturated carbocycles. The number of hydrogen-bond acceptors (Lipinski definition) is 3. The van der Waals surface area contributed by atoms with E-state index in [2.05, 4.69) is 36.4 Å². The minimum Gasteiger partial charge on any atom is -0.373 e. The van der Waals surface area contributed by atoms with Crippen LogP contribution >= 0.6 is 0 Å². The molecular weight excluding hydrogens is 262 g/mol. The first-order valence-electron chi connectivity index (χ1n) is 7.26. The summed E-state index contributed by atoms with van der Waals surface area (Å²) in [6, 6.07) is 9.50. The number of carbonyl (C=O) groups excluding carboxylic acids is 1. The molecule has 112 valence electrons. The number of para-hydroxylation sites is 1. The van der Waals surface area contributed by atoms with Gasteiger partial charge in [-0.3, -0.25) is 4.79 Å². The van der Waals surface area contributed by atoms with Gasteiger partial charge in [0, 0.05) is 19.0 Å². The van der Waals surface area contributed by atoms with Gasteiger partial charge in [-0.2, -0.15) is 0 Å². The fourth-order valence-electron chi connectivity index (χ4n) is 2.14. The molecule has 0 aliphatic heterocycles. The number of nitrogens with zero attached hydrogens (tertiary/aromatic N) is 1. The molecular formula is C17H23N3O. The highest BCUT2D eigenvalue weighted by Gasteiger charge is 2.14. The van der Waals surface area contributed by atoms with Crippen molar-refractivity contribution in [3.63, 3.8) is 0 Å². The van der Waals surface area contributed by atoms with Gasteiger partial charge in [0.15, 0.2) is 0 Å². The van der Waals surface area contributed by atoms with E-state index in [4.69, 9.17) is 0 Å². The molecule has 0 spiro atoms. The van der Waals surface area contributed by atoms with Crippen LogP contribution in [0, 0.1) is 5.41 Å². The Balaban J connectivity index is 2.25. The zero-order chi connectivity index (χ0) is 15.5. The average molecular weight is 285 g/mol. The Morgan fingerprint density at radius 3 is 2.62 bits per heavy atom. The van der Waals surface area contributed by atoms with Crippen LogP contribution in [0.3, 0.4) is 0 Å². The molecule has 0 saturated heterocycles. The first kappa shape index (κ1) is 15.3. The van der Waals surface area contributed by atoms with Gasteiger partial charge in [0.2, 0.25) is 0 Å². The van der Waals surface area contributed by atoms with Crippen LogP contribution in [-0.2, 0) is 0 Å². The first-order chi connectivity index (χ1) is 9.90. The van der Waals surface area contributed by atoms with Gasteiger partial charge in [0.05, 0.1) is 11.1 Å². The van der Waals surface area contributed by atoms with Gasteiger partial charge in [-0.1, -0.05) is 39.0 Å². The van der Waals surface area contributed by atoms with E-state index in [0.717, 1.165) is 17.3 Å². The van der Waals surface area contributed by atoms with E-state index >= 15 is 0 Å². The van der Waals surface area contributed by atoms with Gasteiger partial charge in [0.25, 0.3) is 5.91 Å².